The third-order valence-electron chi connectivity index (χ3n) is 5.63. The first-order valence-electron chi connectivity index (χ1n) is 9.59. The molecule has 140 valence electrons. The lowest BCUT2D eigenvalue weighted by Crippen LogP contribution is -2.31. The van der Waals surface area contributed by atoms with Crippen molar-refractivity contribution in [3.8, 4) is 5.75 Å². The zero-order valence-corrected chi connectivity index (χ0v) is 15.8. The maximum Gasteiger partial charge on any atom is 0.226 e. The highest BCUT2D eigenvalue weighted by Gasteiger charge is 2.27. The number of anilines is 2. The summed E-state index contributed by atoms with van der Waals surface area (Å²) < 4.78 is 7.16. The highest BCUT2D eigenvalue weighted by atomic mass is 16.5. The molecule has 7 heteroatoms. The van der Waals surface area contributed by atoms with Crippen molar-refractivity contribution >= 4 is 22.8 Å². The van der Waals surface area contributed by atoms with Gasteiger partial charge in [0.15, 0.2) is 5.65 Å². The Kier molecular flexibility index (Phi) is 3.88. The van der Waals surface area contributed by atoms with Crippen molar-refractivity contribution in [3.05, 3.63) is 35.5 Å². The molecule has 0 radical (unpaired) electrons. The quantitative estimate of drug-likeness (QED) is 0.751. The van der Waals surface area contributed by atoms with Crippen molar-refractivity contribution in [3.63, 3.8) is 0 Å². The molecule has 0 spiro atoms. The van der Waals surface area contributed by atoms with Gasteiger partial charge >= 0.3 is 0 Å². The average Bonchev–Trinajstić information content (AvgIpc) is 2.98. The molecule has 1 fully saturated rings. The minimum absolute atomic E-state index is 0.501. The van der Waals surface area contributed by atoms with Gasteiger partial charge in [0.2, 0.25) is 5.95 Å². The number of nitrogens with one attached hydrogen (secondary N) is 1. The van der Waals surface area contributed by atoms with Crippen molar-refractivity contribution in [1.29, 1.82) is 0 Å². The van der Waals surface area contributed by atoms with E-state index in [0.717, 1.165) is 53.8 Å². The van der Waals surface area contributed by atoms with Crippen LogP contribution in [0.3, 0.4) is 0 Å². The van der Waals surface area contributed by atoms with E-state index in [1.807, 2.05) is 23.9 Å². The number of aromatic nitrogens is 4. The molecule has 1 aliphatic carbocycles. The summed E-state index contributed by atoms with van der Waals surface area (Å²) in [6, 6.07) is 8.75. The van der Waals surface area contributed by atoms with Gasteiger partial charge in [0.25, 0.3) is 0 Å². The van der Waals surface area contributed by atoms with Crippen molar-refractivity contribution in [2.75, 3.05) is 23.9 Å². The van der Waals surface area contributed by atoms with Crippen LogP contribution < -0.4 is 15.0 Å². The first kappa shape index (κ1) is 16.4. The molecule has 1 saturated carbocycles. The molecule has 1 N–H and O–H groups in total. The number of nitrogens with zero attached hydrogens (tertiary/aromatic N) is 5. The molecule has 0 saturated heterocycles. The molecular formula is C20H24N6O. The smallest absolute Gasteiger partial charge is 0.226 e. The summed E-state index contributed by atoms with van der Waals surface area (Å²) in [4.78, 5) is 12.0. The summed E-state index contributed by atoms with van der Waals surface area (Å²) in [6.07, 6.45) is 4.59. The van der Waals surface area contributed by atoms with Gasteiger partial charge in [0.1, 0.15) is 11.6 Å². The number of aryl methyl sites for hydroxylation is 1. The van der Waals surface area contributed by atoms with Gasteiger partial charge in [0, 0.05) is 32.6 Å². The van der Waals surface area contributed by atoms with Gasteiger partial charge in [-0.05, 0) is 37.0 Å². The van der Waals surface area contributed by atoms with Gasteiger partial charge in [-0.3, -0.25) is 0 Å². The van der Waals surface area contributed by atoms with Crippen LogP contribution in [0.2, 0.25) is 0 Å². The number of hydrogen-bond donors (Lipinski definition) is 1. The maximum atomic E-state index is 5.27. The normalized spacial score (nSPS) is 16.4. The molecule has 2 aromatic heterocycles. The Morgan fingerprint density at radius 2 is 2.00 bits per heavy atom. The number of rotatable bonds is 5. The van der Waals surface area contributed by atoms with E-state index in [2.05, 4.69) is 27.4 Å². The third kappa shape index (κ3) is 2.87. The van der Waals surface area contributed by atoms with Gasteiger partial charge in [-0.25, -0.2) is 4.68 Å². The lowest BCUT2D eigenvalue weighted by Gasteiger charge is -2.30. The molecule has 0 bridgehead atoms. The summed E-state index contributed by atoms with van der Waals surface area (Å²) >= 11 is 0. The zero-order valence-electron chi connectivity index (χ0n) is 15.8. The Balaban J connectivity index is 1.51. The first-order valence-corrected chi connectivity index (χ1v) is 9.59. The average molecular weight is 364 g/mol. The van der Waals surface area contributed by atoms with E-state index in [4.69, 9.17) is 14.7 Å². The maximum absolute atomic E-state index is 5.27. The van der Waals surface area contributed by atoms with E-state index in [1.54, 1.807) is 7.11 Å². The SMILES string of the molecule is COc1ccc(CN2CCc3nn(C)c4nc(NC5CCC5)nc2c34)cc1. The monoisotopic (exact) mass is 364 g/mol. The fourth-order valence-electron chi connectivity index (χ4n) is 3.86. The second kappa shape index (κ2) is 6.40. The molecule has 0 amide bonds. The highest BCUT2D eigenvalue weighted by Crippen LogP contribution is 2.34. The number of methoxy groups -OCH3 is 1. The van der Waals surface area contributed by atoms with Crippen molar-refractivity contribution < 1.29 is 4.74 Å². The van der Waals surface area contributed by atoms with Crippen LogP contribution in [0, 0.1) is 0 Å². The molecule has 3 aromatic rings. The minimum Gasteiger partial charge on any atom is -0.497 e. The lowest BCUT2D eigenvalue weighted by molar-refractivity contribution is 0.414. The summed E-state index contributed by atoms with van der Waals surface area (Å²) in [7, 11) is 3.66. The molecule has 1 aromatic carbocycles. The van der Waals surface area contributed by atoms with E-state index in [-0.39, 0.29) is 0 Å². The second-order valence-electron chi connectivity index (χ2n) is 7.43. The molecule has 2 aliphatic rings. The molecule has 0 atom stereocenters. The van der Waals surface area contributed by atoms with Crippen LogP contribution in [0.15, 0.2) is 24.3 Å². The second-order valence-corrected chi connectivity index (χ2v) is 7.43. The van der Waals surface area contributed by atoms with E-state index in [9.17, 15) is 0 Å². The van der Waals surface area contributed by atoms with Gasteiger partial charge in [-0.15, -0.1) is 0 Å². The Labute approximate surface area is 158 Å². The van der Waals surface area contributed by atoms with Crippen LogP contribution >= 0.6 is 0 Å². The molecule has 7 nitrogen and oxygen atoms in total. The number of hydrogen-bond acceptors (Lipinski definition) is 6. The summed E-state index contributed by atoms with van der Waals surface area (Å²) in [5, 5.41) is 9.27. The summed E-state index contributed by atoms with van der Waals surface area (Å²) in [6.45, 7) is 1.72. The van der Waals surface area contributed by atoms with Crippen LogP contribution in [0.4, 0.5) is 11.8 Å². The highest BCUT2D eigenvalue weighted by molar-refractivity contribution is 5.92. The number of ether oxygens (including phenoxy) is 1. The largest absolute Gasteiger partial charge is 0.497 e. The third-order valence-corrected chi connectivity index (χ3v) is 5.63. The molecule has 3 heterocycles. The fraction of sp³-hybridized carbons (Fsp3) is 0.450. The van der Waals surface area contributed by atoms with Crippen LogP contribution in [0.1, 0.15) is 30.5 Å². The predicted octanol–water partition coefficient (Wildman–Crippen LogP) is 2.90. The molecule has 5 rings (SSSR count). The van der Waals surface area contributed by atoms with E-state index in [0.29, 0.717) is 6.04 Å². The standard InChI is InChI=1S/C20H24N6O/c1-25-18-17-16(24-25)10-11-26(12-13-6-8-15(27-2)9-7-13)19(17)23-20(22-18)21-14-4-3-5-14/h6-9,14H,3-5,10-12H2,1-2H3,(H,21,22,23). The van der Waals surface area contributed by atoms with Gasteiger partial charge in [-0.1, -0.05) is 12.1 Å². The van der Waals surface area contributed by atoms with Gasteiger partial charge in [0.05, 0.1) is 18.2 Å². The van der Waals surface area contributed by atoms with Crippen LogP contribution in [0.5, 0.6) is 5.75 Å². The molecule has 1 aliphatic heterocycles. The van der Waals surface area contributed by atoms with Gasteiger partial charge < -0.3 is 15.0 Å². The predicted molar refractivity (Wildman–Crippen MR) is 105 cm³/mol. The Hall–Kier alpha value is -2.83. The van der Waals surface area contributed by atoms with Crippen LogP contribution in [0.25, 0.3) is 11.0 Å². The molecule has 0 unspecified atom stereocenters. The summed E-state index contributed by atoms with van der Waals surface area (Å²) in [5.41, 5.74) is 3.25. The van der Waals surface area contributed by atoms with E-state index < -0.39 is 0 Å². The minimum atomic E-state index is 0.501. The van der Waals surface area contributed by atoms with Crippen molar-refractivity contribution in [1.82, 2.24) is 19.7 Å². The van der Waals surface area contributed by atoms with E-state index >= 15 is 0 Å². The van der Waals surface area contributed by atoms with Crippen molar-refractivity contribution in [2.45, 2.75) is 38.3 Å². The zero-order chi connectivity index (χ0) is 18.4. The van der Waals surface area contributed by atoms with E-state index in [1.165, 1.54) is 24.8 Å². The first-order chi connectivity index (χ1) is 13.2. The number of benzene rings is 1. The molecule has 27 heavy (non-hydrogen) atoms. The lowest BCUT2D eigenvalue weighted by atomic mass is 9.93. The van der Waals surface area contributed by atoms with Gasteiger partial charge in [-0.2, -0.15) is 15.1 Å². The Bertz CT molecular complexity index is 976. The van der Waals surface area contributed by atoms with Crippen molar-refractivity contribution in [2.24, 2.45) is 7.05 Å². The Morgan fingerprint density at radius 1 is 1.19 bits per heavy atom. The van der Waals surface area contributed by atoms with Crippen LogP contribution in [-0.4, -0.2) is 39.4 Å². The summed E-state index contributed by atoms with van der Waals surface area (Å²) in [5.74, 6) is 2.59. The topological polar surface area (TPSA) is 68.1 Å². The fourth-order valence-corrected chi connectivity index (χ4v) is 3.86. The molecular weight excluding hydrogens is 340 g/mol. The Morgan fingerprint density at radius 3 is 2.70 bits per heavy atom. The van der Waals surface area contributed by atoms with Crippen LogP contribution in [-0.2, 0) is 20.0 Å².